The summed E-state index contributed by atoms with van der Waals surface area (Å²) in [7, 11) is 0. The Morgan fingerprint density at radius 2 is 1.47 bits per heavy atom. The zero-order valence-electron chi connectivity index (χ0n) is 9.55. The molecule has 1 amide bonds. The van der Waals surface area contributed by atoms with Gasteiger partial charge in [0, 0.05) is 13.8 Å². The maximum atomic E-state index is 11.4. The number of ether oxygens (including phenoxy) is 2. The first-order valence-corrected chi connectivity index (χ1v) is 5.58. The van der Waals surface area contributed by atoms with Crippen molar-refractivity contribution < 1.29 is 33.8 Å². The zero-order chi connectivity index (χ0) is 13.6. The van der Waals surface area contributed by atoms with Crippen molar-refractivity contribution in [2.24, 2.45) is 0 Å². The number of hydrogen-bond acceptors (Lipinski definition) is 6. The van der Waals surface area contributed by atoms with Gasteiger partial charge in [-0.3, -0.25) is 14.4 Å². The van der Waals surface area contributed by atoms with Gasteiger partial charge in [0.25, 0.3) is 0 Å². The summed E-state index contributed by atoms with van der Waals surface area (Å²) in [6, 6.07) is 0. The van der Waals surface area contributed by atoms with Crippen LogP contribution in [-0.4, -0.2) is 57.6 Å². The Morgan fingerprint density at radius 1 is 1.06 bits per heavy atom. The lowest BCUT2D eigenvalue weighted by atomic mass is 10.2. The lowest BCUT2D eigenvalue weighted by Crippen LogP contribution is -2.49. The maximum absolute atomic E-state index is 11.4. The molecule has 0 rings (SSSR count). The number of carbonyl (C=O) groups excluding carboxylic acids is 3. The van der Waals surface area contributed by atoms with Gasteiger partial charge in [-0.2, -0.15) is 0 Å². The second-order valence-electron chi connectivity index (χ2n) is 3.01. The number of rotatable bonds is 5. The van der Waals surface area contributed by atoms with Gasteiger partial charge >= 0.3 is 34.4 Å². The topological polar surface area (TPSA) is 119 Å². The first-order chi connectivity index (χ1) is 7.79. The van der Waals surface area contributed by atoms with Gasteiger partial charge in [-0.1, -0.05) is 0 Å². The first kappa shape index (κ1) is 15.4. The fourth-order valence-electron chi connectivity index (χ4n) is 0.994. The van der Waals surface area contributed by atoms with E-state index in [2.05, 4.69) is 13.8 Å². The molecule has 8 nitrogen and oxygen atoms in total. The van der Waals surface area contributed by atoms with Crippen LogP contribution in [0.15, 0.2) is 0 Å². The average molecular weight is 261 g/mol. The molecule has 17 heavy (non-hydrogen) atoms. The van der Waals surface area contributed by atoms with Gasteiger partial charge < -0.3 is 18.9 Å². The van der Waals surface area contributed by atoms with Crippen molar-refractivity contribution in [1.29, 1.82) is 0 Å². The summed E-state index contributed by atoms with van der Waals surface area (Å²) in [5, 5.41) is 8.81. The van der Waals surface area contributed by atoms with Crippen molar-refractivity contribution in [2.75, 3.05) is 0 Å². The summed E-state index contributed by atoms with van der Waals surface area (Å²) in [5.41, 5.74) is 0. The quantitative estimate of drug-likeness (QED) is 0.418. The molecule has 2 N–H and O–H groups in total. The molecular weight excluding hydrogens is 249 g/mol. The second kappa shape index (κ2) is 6.88. The van der Waals surface area contributed by atoms with Crippen LogP contribution in [0.1, 0.15) is 13.8 Å². The summed E-state index contributed by atoms with van der Waals surface area (Å²) < 4.78 is 11.2. The molecule has 0 saturated carbocycles. The molecule has 0 aliphatic rings. The number of nitrogens with one attached hydrogen (secondary N) is 1. The van der Waals surface area contributed by atoms with Crippen molar-refractivity contribution in [1.82, 2.24) is 4.30 Å². The molecule has 0 aromatic rings. The van der Waals surface area contributed by atoms with Crippen molar-refractivity contribution in [3.8, 4) is 0 Å². The highest BCUT2D eigenvalue weighted by atomic mass is 27.1. The third kappa shape index (κ3) is 5.33. The Hall–Kier alpha value is -1.59. The van der Waals surface area contributed by atoms with Crippen molar-refractivity contribution in [3.63, 3.8) is 0 Å². The van der Waals surface area contributed by atoms with Gasteiger partial charge in [0.2, 0.25) is 18.1 Å². The molecule has 0 aromatic carbocycles. The fraction of sp³-hybridized carbons (Fsp3) is 0.500. The average Bonchev–Trinajstić information content (AvgIpc) is 2.21. The second-order valence-corrected chi connectivity index (χ2v) is 3.51. The Labute approximate surface area is 105 Å². The number of hydrogen-bond donors (Lipinski definition) is 2. The molecule has 0 fully saturated rings. The molecule has 2 atom stereocenters. The van der Waals surface area contributed by atoms with Crippen molar-refractivity contribution in [3.05, 3.63) is 0 Å². The number of esters is 2. The predicted molar refractivity (Wildman–Crippen MR) is 55.4 cm³/mol. The highest BCUT2D eigenvalue weighted by molar-refractivity contribution is 6.15. The van der Waals surface area contributed by atoms with E-state index in [1.165, 1.54) is 0 Å². The van der Waals surface area contributed by atoms with Gasteiger partial charge in [-0.05, 0) is 0 Å². The van der Waals surface area contributed by atoms with Crippen LogP contribution in [0.2, 0.25) is 0 Å². The van der Waals surface area contributed by atoms with E-state index in [4.69, 9.17) is 5.11 Å². The van der Waals surface area contributed by atoms with Crippen LogP contribution in [0.5, 0.6) is 0 Å². The minimum atomic E-state index is -1.86. The molecule has 9 heteroatoms. The van der Waals surface area contributed by atoms with E-state index < -0.39 is 36.0 Å². The van der Waals surface area contributed by atoms with E-state index in [1.807, 2.05) is 0 Å². The highest BCUT2D eigenvalue weighted by Gasteiger charge is 2.38. The third-order valence-corrected chi connectivity index (χ3v) is 2.10. The van der Waals surface area contributed by atoms with Crippen LogP contribution in [0.4, 0.5) is 0 Å². The summed E-state index contributed by atoms with van der Waals surface area (Å²) in [5.74, 6) is -4.13. The maximum Gasteiger partial charge on any atom is 0.364 e. The molecule has 0 radical (unpaired) electrons. The number of carbonyl (C=O) groups is 4. The van der Waals surface area contributed by atoms with Gasteiger partial charge in [-0.15, -0.1) is 0 Å². The van der Waals surface area contributed by atoms with Crippen molar-refractivity contribution in [2.45, 2.75) is 26.1 Å². The van der Waals surface area contributed by atoms with Gasteiger partial charge in [0.15, 0.2) is 0 Å². The molecule has 0 unspecified atom stereocenters. The standard InChI is InChI=1S/C8H11NO7.Al.2H/c1-3(10)15-5(7(9)12)6(8(13)14)16-4(2)11;;;/h5-6H,1-2H3,(H3,9,12,13,14);;;/q;+1;;/p-1/t5-,6-;;;/m1.../s1. The van der Waals surface area contributed by atoms with Crippen molar-refractivity contribution >= 4 is 40.3 Å². The SMILES string of the molecule is CC(=O)O[C@@H](C(=O)O)[C@@H](OC(C)=O)C(=O)[NH][AlH2]. The van der Waals surface area contributed by atoms with E-state index in [1.54, 1.807) is 0 Å². The van der Waals surface area contributed by atoms with Crippen LogP contribution in [0, 0.1) is 0 Å². The molecular formula is C8H12AlNO7. The fourth-order valence-corrected chi connectivity index (χ4v) is 1.28. The summed E-state index contributed by atoms with van der Waals surface area (Å²) in [4.78, 5) is 43.7. The summed E-state index contributed by atoms with van der Waals surface area (Å²) in [6.45, 7) is 2.00. The molecule has 0 saturated heterocycles. The third-order valence-electron chi connectivity index (χ3n) is 1.61. The largest absolute Gasteiger partial charge is 0.478 e. The lowest BCUT2D eigenvalue weighted by Gasteiger charge is -2.21. The van der Waals surface area contributed by atoms with Gasteiger partial charge in [-0.25, -0.2) is 4.79 Å². The van der Waals surface area contributed by atoms with Crippen LogP contribution in [0.25, 0.3) is 0 Å². The van der Waals surface area contributed by atoms with E-state index in [-0.39, 0.29) is 16.5 Å². The molecule has 0 spiro atoms. The molecule has 0 aliphatic carbocycles. The van der Waals surface area contributed by atoms with Crippen LogP contribution < -0.4 is 4.30 Å². The first-order valence-electron chi connectivity index (χ1n) is 4.58. The molecule has 0 aliphatic heterocycles. The monoisotopic (exact) mass is 261 g/mol. The van der Waals surface area contributed by atoms with E-state index in [9.17, 15) is 19.2 Å². The van der Waals surface area contributed by atoms with E-state index in [0.29, 0.717) is 0 Å². The van der Waals surface area contributed by atoms with Gasteiger partial charge in [0.05, 0.1) is 0 Å². The zero-order valence-corrected chi connectivity index (χ0v) is 11.6. The normalized spacial score (nSPS) is 13.1. The minimum absolute atomic E-state index is 0.237. The van der Waals surface area contributed by atoms with E-state index in [0.717, 1.165) is 13.8 Å². The summed E-state index contributed by atoms with van der Waals surface area (Å²) >= 11 is 0.237. The Kier molecular flexibility index (Phi) is 6.24. The van der Waals surface area contributed by atoms with E-state index >= 15 is 0 Å². The van der Waals surface area contributed by atoms with Crippen LogP contribution in [0.3, 0.4) is 0 Å². The molecule has 0 bridgehead atoms. The smallest absolute Gasteiger partial charge is 0.364 e. The molecule has 94 valence electrons. The number of amides is 1. The lowest BCUT2D eigenvalue weighted by molar-refractivity contribution is -0.180. The predicted octanol–water partition coefficient (Wildman–Crippen LogP) is -2.40. The number of aliphatic carboxylic acids is 1. The highest BCUT2D eigenvalue weighted by Crippen LogP contribution is 2.07. The van der Waals surface area contributed by atoms with Crippen LogP contribution in [-0.2, 0) is 28.7 Å². The van der Waals surface area contributed by atoms with Gasteiger partial charge in [0.1, 0.15) is 0 Å². The molecule has 0 heterocycles. The van der Waals surface area contributed by atoms with Crippen LogP contribution >= 0.6 is 0 Å². The minimum Gasteiger partial charge on any atom is -0.478 e. The number of carboxylic acids is 1. The number of carboxylic acid groups (broad SMARTS) is 1. The Morgan fingerprint density at radius 3 is 1.76 bits per heavy atom. The Balaban J connectivity index is 5.05. The molecule has 0 aromatic heterocycles. The summed E-state index contributed by atoms with van der Waals surface area (Å²) in [6.07, 6.45) is -3.54. The Bertz CT molecular complexity index is 343.